The van der Waals surface area contributed by atoms with Gasteiger partial charge in [0, 0.05) is 29.7 Å². The lowest BCUT2D eigenvalue weighted by molar-refractivity contribution is 0.393. The van der Waals surface area contributed by atoms with Crippen molar-refractivity contribution in [3.63, 3.8) is 0 Å². The summed E-state index contributed by atoms with van der Waals surface area (Å²) < 4.78 is 7.38. The third-order valence-corrected chi connectivity index (χ3v) is 4.06. The van der Waals surface area contributed by atoms with E-state index in [1.54, 1.807) is 18.4 Å². The smallest absolute Gasteiger partial charge is 0.237 e. The second kappa shape index (κ2) is 5.83. The van der Waals surface area contributed by atoms with E-state index in [2.05, 4.69) is 14.7 Å². The molecule has 0 saturated carbocycles. The van der Waals surface area contributed by atoms with Crippen LogP contribution in [0.4, 0.5) is 0 Å². The number of fused-ring (bicyclic) bond motifs is 1. The van der Waals surface area contributed by atoms with E-state index < -0.39 is 0 Å². The van der Waals surface area contributed by atoms with Crippen LogP contribution in [0.15, 0.2) is 35.8 Å². The molecule has 0 aliphatic carbocycles. The van der Waals surface area contributed by atoms with Gasteiger partial charge in [-0.3, -0.25) is 4.40 Å². The van der Waals surface area contributed by atoms with Crippen LogP contribution >= 0.6 is 22.9 Å². The Morgan fingerprint density at radius 1 is 1.30 bits per heavy atom. The fourth-order valence-electron chi connectivity index (χ4n) is 2.06. The van der Waals surface area contributed by atoms with Crippen LogP contribution in [-0.4, -0.2) is 16.5 Å². The maximum Gasteiger partial charge on any atom is 0.237 e. The number of thiazole rings is 1. The van der Waals surface area contributed by atoms with E-state index >= 15 is 0 Å². The first-order valence-electron chi connectivity index (χ1n) is 6.21. The predicted molar refractivity (Wildman–Crippen MR) is 81.6 cm³/mol. The van der Waals surface area contributed by atoms with Crippen molar-refractivity contribution < 1.29 is 4.74 Å². The monoisotopic (exact) mass is 307 g/mol. The lowest BCUT2D eigenvalue weighted by Crippen LogP contribution is -2.14. The molecule has 0 unspecified atom stereocenters. The lowest BCUT2D eigenvalue weighted by atomic mass is 10.2. The Morgan fingerprint density at radius 2 is 2.10 bits per heavy atom. The number of aromatic nitrogens is 2. The van der Waals surface area contributed by atoms with Crippen LogP contribution in [0, 0.1) is 0 Å². The number of halogens is 1. The molecule has 1 aromatic carbocycles. The Labute approximate surface area is 126 Å². The van der Waals surface area contributed by atoms with Crippen molar-refractivity contribution in [3.05, 3.63) is 52.1 Å². The van der Waals surface area contributed by atoms with E-state index in [9.17, 15) is 0 Å². The van der Waals surface area contributed by atoms with Gasteiger partial charge in [-0.15, -0.1) is 11.3 Å². The second-order valence-electron chi connectivity index (χ2n) is 4.35. The SMILES string of the molecule is COc1nc2sccn2c1CNCc1ccc(Cl)cc1. The number of benzene rings is 1. The van der Waals surface area contributed by atoms with E-state index in [4.69, 9.17) is 16.3 Å². The zero-order valence-corrected chi connectivity index (χ0v) is 12.5. The van der Waals surface area contributed by atoms with Crippen LogP contribution in [0.25, 0.3) is 4.96 Å². The van der Waals surface area contributed by atoms with Crippen LogP contribution in [0.3, 0.4) is 0 Å². The highest BCUT2D eigenvalue weighted by Gasteiger charge is 2.12. The average molecular weight is 308 g/mol. The number of hydrogen-bond acceptors (Lipinski definition) is 4. The van der Waals surface area contributed by atoms with Gasteiger partial charge in [0.2, 0.25) is 5.88 Å². The van der Waals surface area contributed by atoms with Crippen LogP contribution in [0.1, 0.15) is 11.3 Å². The Balaban J connectivity index is 1.70. The predicted octanol–water partition coefficient (Wildman–Crippen LogP) is 3.35. The molecule has 0 aliphatic heterocycles. The molecule has 0 saturated heterocycles. The lowest BCUT2D eigenvalue weighted by Gasteiger charge is -2.06. The fraction of sp³-hybridized carbons (Fsp3) is 0.214. The molecule has 0 bridgehead atoms. The molecule has 0 spiro atoms. The normalized spacial score (nSPS) is 11.1. The maximum absolute atomic E-state index is 5.87. The van der Waals surface area contributed by atoms with Gasteiger partial charge in [-0.1, -0.05) is 23.7 Å². The van der Waals surface area contributed by atoms with Crippen molar-refractivity contribution in [2.45, 2.75) is 13.1 Å². The minimum atomic E-state index is 0.681. The van der Waals surface area contributed by atoms with E-state index in [0.717, 1.165) is 22.2 Å². The van der Waals surface area contributed by atoms with Crippen molar-refractivity contribution in [2.75, 3.05) is 7.11 Å². The molecule has 4 nitrogen and oxygen atoms in total. The first-order chi connectivity index (χ1) is 9.78. The molecule has 0 amide bonds. The molecule has 2 heterocycles. The van der Waals surface area contributed by atoms with Crippen LogP contribution in [0.2, 0.25) is 5.02 Å². The maximum atomic E-state index is 5.87. The molecule has 104 valence electrons. The largest absolute Gasteiger partial charge is 0.480 e. The number of ether oxygens (including phenoxy) is 1. The summed E-state index contributed by atoms with van der Waals surface area (Å²) >= 11 is 7.47. The minimum Gasteiger partial charge on any atom is -0.480 e. The summed E-state index contributed by atoms with van der Waals surface area (Å²) in [6, 6.07) is 7.83. The van der Waals surface area contributed by atoms with Gasteiger partial charge in [-0.05, 0) is 17.7 Å². The third-order valence-electron chi connectivity index (χ3n) is 3.05. The van der Waals surface area contributed by atoms with Gasteiger partial charge in [0.05, 0.1) is 7.11 Å². The van der Waals surface area contributed by atoms with Crippen LogP contribution < -0.4 is 10.1 Å². The quantitative estimate of drug-likeness (QED) is 0.785. The Morgan fingerprint density at radius 3 is 2.85 bits per heavy atom. The average Bonchev–Trinajstić information content (AvgIpc) is 3.02. The molecule has 2 aromatic heterocycles. The van der Waals surface area contributed by atoms with E-state index in [1.165, 1.54) is 5.56 Å². The van der Waals surface area contributed by atoms with Gasteiger partial charge < -0.3 is 10.1 Å². The van der Waals surface area contributed by atoms with Crippen molar-refractivity contribution in [2.24, 2.45) is 0 Å². The number of methoxy groups -OCH3 is 1. The van der Waals surface area contributed by atoms with Crippen molar-refractivity contribution >= 4 is 27.9 Å². The Kier molecular flexibility index (Phi) is 3.91. The zero-order valence-electron chi connectivity index (χ0n) is 11.0. The first kappa shape index (κ1) is 13.4. The van der Waals surface area contributed by atoms with Gasteiger partial charge in [0.15, 0.2) is 4.96 Å². The Hall–Kier alpha value is -1.56. The molecule has 3 aromatic rings. The summed E-state index contributed by atoms with van der Waals surface area (Å²) in [6.07, 6.45) is 2.01. The third kappa shape index (κ3) is 2.65. The number of imidazole rings is 1. The molecule has 20 heavy (non-hydrogen) atoms. The van der Waals surface area contributed by atoms with Crippen molar-refractivity contribution in [3.8, 4) is 5.88 Å². The number of nitrogens with one attached hydrogen (secondary N) is 1. The molecule has 0 radical (unpaired) electrons. The molecular weight excluding hydrogens is 294 g/mol. The van der Waals surface area contributed by atoms with Gasteiger partial charge in [-0.25, -0.2) is 0 Å². The van der Waals surface area contributed by atoms with E-state index in [0.29, 0.717) is 12.4 Å². The molecule has 0 fully saturated rings. The zero-order chi connectivity index (χ0) is 13.9. The highest BCUT2D eigenvalue weighted by Crippen LogP contribution is 2.22. The van der Waals surface area contributed by atoms with Gasteiger partial charge in [-0.2, -0.15) is 4.98 Å². The Bertz CT molecular complexity index is 705. The van der Waals surface area contributed by atoms with Gasteiger partial charge in [0.25, 0.3) is 0 Å². The number of nitrogens with zero attached hydrogens (tertiary/aromatic N) is 2. The summed E-state index contributed by atoms with van der Waals surface area (Å²) in [5, 5.41) is 6.17. The highest BCUT2D eigenvalue weighted by atomic mass is 35.5. The molecule has 0 atom stereocenters. The van der Waals surface area contributed by atoms with Crippen LogP contribution in [0.5, 0.6) is 5.88 Å². The summed E-state index contributed by atoms with van der Waals surface area (Å²) in [7, 11) is 1.65. The number of hydrogen-bond donors (Lipinski definition) is 1. The van der Waals surface area contributed by atoms with E-state index in [1.807, 2.05) is 35.8 Å². The first-order valence-corrected chi connectivity index (χ1v) is 7.47. The highest BCUT2D eigenvalue weighted by molar-refractivity contribution is 7.15. The molecule has 1 N–H and O–H groups in total. The summed E-state index contributed by atoms with van der Waals surface area (Å²) in [6.45, 7) is 1.47. The molecule has 0 aliphatic rings. The van der Waals surface area contributed by atoms with E-state index in [-0.39, 0.29) is 0 Å². The molecule has 3 rings (SSSR count). The van der Waals surface area contributed by atoms with Crippen molar-refractivity contribution in [1.29, 1.82) is 0 Å². The topological polar surface area (TPSA) is 38.6 Å². The van der Waals surface area contributed by atoms with Crippen molar-refractivity contribution in [1.82, 2.24) is 14.7 Å². The molecular formula is C14H14ClN3OS. The summed E-state index contributed by atoms with van der Waals surface area (Å²) in [4.78, 5) is 5.38. The van der Waals surface area contributed by atoms with Gasteiger partial charge in [0.1, 0.15) is 5.69 Å². The summed E-state index contributed by atoms with van der Waals surface area (Å²) in [5.74, 6) is 0.681. The number of rotatable bonds is 5. The standard InChI is InChI=1S/C14H14ClN3OS/c1-19-13-12(18-6-7-20-14(18)17-13)9-16-8-10-2-4-11(15)5-3-10/h2-7,16H,8-9H2,1H3. The fourth-order valence-corrected chi connectivity index (χ4v) is 2.92. The summed E-state index contributed by atoms with van der Waals surface area (Å²) in [5.41, 5.74) is 2.23. The van der Waals surface area contributed by atoms with Crippen LogP contribution in [-0.2, 0) is 13.1 Å². The second-order valence-corrected chi connectivity index (χ2v) is 5.66. The minimum absolute atomic E-state index is 0.681. The van der Waals surface area contributed by atoms with Gasteiger partial charge >= 0.3 is 0 Å². The molecule has 6 heteroatoms.